The SMILES string of the molecule is CO[C@@H]1CC2CC(=O)C3(CC3)C2C1. The molecule has 0 saturated heterocycles. The average Bonchev–Trinajstić information content (AvgIpc) is 2.77. The van der Waals surface area contributed by atoms with Crippen molar-refractivity contribution in [2.75, 3.05) is 7.11 Å². The minimum atomic E-state index is 0.165. The van der Waals surface area contributed by atoms with Gasteiger partial charge in [-0.15, -0.1) is 0 Å². The standard InChI is InChI=1S/C11H16O2/c1-13-8-4-7-5-10(12)11(2-3-11)9(7)6-8/h7-9H,2-6H2,1H3/t7?,8-,9?/m1/s1. The van der Waals surface area contributed by atoms with Crippen molar-refractivity contribution in [3.8, 4) is 0 Å². The molecule has 0 aliphatic heterocycles. The minimum absolute atomic E-state index is 0.165. The van der Waals surface area contributed by atoms with Crippen molar-refractivity contribution in [1.82, 2.24) is 0 Å². The van der Waals surface area contributed by atoms with E-state index in [4.69, 9.17) is 4.74 Å². The van der Waals surface area contributed by atoms with Gasteiger partial charge in [-0.1, -0.05) is 0 Å². The lowest BCUT2D eigenvalue weighted by Crippen LogP contribution is -2.18. The van der Waals surface area contributed by atoms with E-state index in [1.54, 1.807) is 7.11 Å². The highest BCUT2D eigenvalue weighted by molar-refractivity contribution is 5.90. The van der Waals surface area contributed by atoms with Crippen molar-refractivity contribution in [2.24, 2.45) is 17.3 Å². The van der Waals surface area contributed by atoms with E-state index >= 15 is 0 Å². The van der Waals surface area contributed by atoms with Crippen LogP contribution in [0.5, 0.6) is 0 Å². The fourth-order valence-corrected chi connectivity index (χ4v) is 3.60. The van der Waals surface area contributed by atoms with Gasteiger partial charge >= 0.3 is 0 Å². The van der Waals surface area contributed by atoms with Gasteiger partial charge in [0.25, 0.3) is 0 Å². The summed E-state index contributed by atoms with van der Waals surface area (Å²) in [7, 11) is 1.80. The maximum Gasteiger partial charge on any atom is 0.139 e. The Morgan fingerprint density at radius 3 is 2.77 bits per heavy atom. The molecule has 0 amide bonds. The van der Waals surface area contributed by atoms with Crippen molar-refractivity contribution >= 4 is 5.78 Å². The Hall–Kier alpha value is -0.370. The molecule has 3 saturated carbocycles. The largest absolute Gasteiger partial charge is 0.381 e. The quantitative estimate of drug-likeness (QED) is 0.615. The van der Waals surface area contributed by atoms with E-state index in [2.05, 4.69) is 0 Å². The molecule has 0 aromatic carbocycles. The Balaban J connectivity index is 1.84. The highest BCUT2D eigenvalue weighted by Crippen LogP contribution is 2.65. The van der Waals surface area contributed by atoms with Gasteiger partial charge in [0.1, 0.15) is 5.78 Å². The van der Waals surface area contributed by atoms with Crippen molar-refractivity contribution < 1.29 is 9.53 Å². The summed E-state index contributed by atoms with van der Waals surface area (Å²) in [6.07, 6.45) is 5.92. The number of ether oxygens (including phenoxy) is 1. The fraction of sp³-hybridized carbons (Fsp3) is 0.909. The van der Waals surface area contributed by atoms with Crippen molar-refractivity contribution in [1.29, 1.82) is 0 Å². The van der Waals surface area contributed by atoms with Crippen LogP contribution in [0.25, 0.3) is 0 Å². The molecule has 0 bridgehead atoms. The molecule has 2 nitrogen and oxygen atoms in total. The molecule has 3 aliphatic carbocycles. The molecule has 72 valence electrons. The molecular formula is C11H16O2. The number of hydrogen-bond donors (Lipinski definition) is 0. The second-order valence-corrected chi connectivity index (χ2v) is 4.98. The van der Waals surface area contributed by atoms with Crippen LogP contribution in [0, 0.1) is 17.3 Å². The van der Waals surface area contributed by atoms with Gasteiger partial charge in [0.15, 0.2) is 0 Å². The third-order valence-electron chi connectivity index (χ3n) is 4.49. The number of ketones is 1. The minimum Gasteiger partial charge on any atom is -0.381 e. The lowest BCUT2D eigenvalue weighted by Gasteiger charge is -2.15. The van der Waals surface area contributed by atoms with E-state index in [1.807, 2.05) is 0 Å². The fourth-order valence-electron chi connectivity index (χ4n) is 3.60. The van der Waals surface area contributed by atoms with Crippen LogP contribution in [-0.2, 0) is 9.53 Å². The van der Waals surface area contributed by atoms with Crippen molar-refractivity contribution in [2.45, 2.75) is 38.2 Å². The van der Waals surface area contributed by atoms with Gasteiger partial charge in [0.05, 0.1) is 6.10 Å². The Labute approximate surface area is 78.6 Å². The highest BCUT2D eigenvalue weighted by atomic mass is 16.5. The Kier molecular flexibility index (Phi) is 1.44. The van der Waals surface area contributed by atoms with Gasteiger partial charge in [-0.2, -0.15) is 0 Å². The van der Waals surface area contributed by atoms with Gasteiger partial charge in [0.2, 0.25) is 0 Å². The zero-order chi connectivity index (χ0) is 9.05. The van der Waals surface area contributed by atoms with Gasteiger partial charge in [-0.3, -0.25) is 4.79 Å². The lowest BCUT2D eigenvalue weighted by atomic mass is 9.89. The molecule has 3 atom stereocenters. The number of fused-ring (bicyclic) bond motifs is 2. The molecule has 0 radical (unpaired) electrons. The average molecular weight is 180 g/mol. The Morgan fingerprint density at radius 2 is 2.15 bits per heavy atom. The van der Waals surface area contributed by atoms with Gasteiger partial charge in [-0.05, 0) is 37.5 Å². The summed E-state index contributed by atoms with van der Waals surface area (Å²) in [5.74, 6) is 1.92. The Morgan fingerprint density at radius 1 is 1.38 bits per heavy atom. The number of rotatable bonds is 1. The predicted molar refractivity (Wildman–Crippen MR) is 48.3 cm³/mol. The molecule has 0 heterocycles. The number of hydrogen-bond acceptors (Lipinski definition) is 2. The normalized spacial score (nSPS) is 45.6. The number of Topliss-reactive ketones (excluding diaryl/α,β-unsaturated/α-hetero) is 1. The molecule has 13 heavy (non-hydrogen) atoms. The van der Waals surface area contributed by atoms with Gasteiger partial charge in [0, 0.05) is 18.9 Å². The first-order chi connectivity index (χ1) is 6.26. The third kappa shape index (κ3) is 0.899. The maximum absolute atomic E-state index is 11.7. The number of methoxy groups -OCH3 is 1. The smallest absolute Gasteiger partial charge is 0.139 e. The van der Waals surface area contributed by atoms with Crippen LogP contribution in [0.3, 0.4) is 0 Å². The Bertz CT molecular complexity index is 255. The summed E-state index contributed by atoms with van der Waals surface area (Å²) in [6.45, 7) is 0. The topological polar surface area (TPSA) is 26.3 Å². The number of carbonyl (C=O) groups excluding carboxylic acids is 1. The van der Waals surface area contributed by atoms with E-state index in [-0.39, 0.29) is 5.41 Å². The summed E-state index contributed by atoms with van der Waals surface area (Å²) in [5, 5.41) is 0. The van der Waals surface area contributed by atoms with Gasteiger partial charge < -0.3 is 4.74 Å². The van der Waals surface area contributed by atoms with E-state index in [1.165, 1.54) is 12.8 Å². The second-order valence-electron chi connectivity index (χ2n) is 4.98. The first-order valence-electron chi connectivity index (χ1n) is 5.32. The molecule has 3 rings (SSSR count). The van der Waals surface area contributed by atoms with Crippen LogP contribution in [0.1, 0.15) is 32.1 Å². The predicted octanol–water partition coefficient (Wildman–Crippen LogP) is 1.78. The zero-order valence-corrected chi connectivity index (χ0v) is 8.08. The van der Waals surface area contributed by atoms with Crippen LogP contribution in [0.4, 0.5) is 0 Å². The zero-order valence-electron chi connectivity index (χ0n) is 8.08. The van der Waals surface area contributed by atoms with Crippen LogP contribution in [0.15, 0.2) is 0 Å². The number of carbonyl (C=O) groups is 1. The summed E-state index contributed by atoms with van der Waals surface area (Å²) in [6, 6.07) is 0. The van der Waals surface area contributed by atoms with Crippen LogP contribution >= 0.6 is 0 Å². The first-order valence-corrected chi connectivity index (χ1v) is 5.32. The monoisotopic (exact) mass is 180 g/mol. The first kappa shape index (κ1) is 7.98. The second kappa shape index (κ2) is 2.35. The van der Waals surface area contributed by atoms with Crippen LogP contribution in [-0.4, -0.2) is 19.0 Å². The molecule has 3 fully saturated rings. The van der Waals surface area contributed by atoms with Crippen LogP contribution < -0.4 is 0 Å². The summed E-state index contributed by atoms with van der Waals surface area (Å²) in [4.78, 5) is 11.7. The molecule has 2 heteroatoms. The maximum atomic E-state index is 11.7. The molecule has 0 aromatic heterocycles. The molecule has 3 aliphatic rings. The van der Waals surface area contributed by atoms with E-state index in [0.29, 0.717) is 23.7 Å². The lowest BCUT2D eigenvalue weighted by molar-refractivity contribution is -0.122. The highest BCUT2D eigenvalue weighted by Gasteiger charge is 2.64. The van der Waals surface area contributed by atoms with Gasteiger partial charge in [-0.25, -0.2) is 0 Å². The summed E-state index contributed by atoms with van der Waals surface area (Å²) < 4.78 is 5.39. The molecule has 0 aromatic rings. The molecular weight excluding hydrogens is 164 g/mol. The van der Waals surface area contributed by atoms with Crippen molar-refractivity contribution in [3.63, 3.8) is 0 Å². The van der Waals surface area contributed by atoms with E-state index in [9.17, 15) is 4.79 Å². The molecule has 0 N–H and O–H groups in total. The summed E-state index contributed by atoms with van der Waals surface area (Å²) in [5.41, 5.74) is 0.165. The van der Waals surface area contributed by atoms with E-state index in [0.717, 1.165) is 19.3 Å². The molecule has 1 spiro atoms. The van der Waals surface area contributed by atoms with Crippen molar-refractivity contribution in [3.05, 3.63) is 0 Å². The molecule has 2 unspecified atom stereocenters. The third-order valence-corrected chi connectivity index (χ3v) is 4.49. The summed E-state index contributed by atoms with van der Waals surface area (Å²) >= 11 is 0. The van der Waals surface area contributed by atoms with Crippen LogP contribution in [0.2, 0.25) is 0 Å². The van der Waals surface area contributed by atoms with E-state index < -0.39 is 0 Å².